The number of hydrogen-bond acceptors (Lipinski definition) is 3. The number of nitrogens with zero attached hydrogens (tertiary/aromatic N) is 1. The Bertz CT molecular complexity index is 693. The van der Waals surface area contributed by atoms with Crippen molar-refractivity contribution in [3.8, 4) is 5.75 Å². The summed E-state index contributed by atoms with van der Waals surface area (Å²) in [4.78, 5) is 12.1. The molecule has 2 aromatic rings. The number of rotatable bonds is 5. The van der Waals surface area contributed by atoms with Crippen molar-refractivity contribution < 1.29 is 9.53 Å². The number of hydrogen-bond donors (Lipinski definition) is 1. The Labute approximate surface area is 130 Å². The van der Waals surface area contributed by atoms with Gasteiger partial charge in [0.15, 0.2) is 0 Å². The summed E-state index contributed by atoms with van der Waals surface area (Å²) in [6.45, 7) is 6.50. The third-order valence-corrected chi connectivity index (χ3v) is 3.36. The zero-order valence-corrected chi connectivity index (χ0v) is 13.1. The van der Waals surface area contributed by atoms with Gasteiger partial charge >= 0.3 is 0 Å². The molecule has 0 saturated carbocycles. The first-order chi connectivity index (χ1) is 10.6. The third kappa shape index (κ3) is 3.95. The minimum absolute atomic E-state index is 0.228. The zero-order chi connectivity index (χ0) is 15.9. The van der Waals surface area contributed by atoms with Gasteiger partial charge < -0.3 is 4.74 Å². The Kier molecular flexibility index (Phi) is 5.31. The molecule has 0 fully saturated rings. The number of nitrogens with one attached hydrogen (secondary N) is 1. The highest BCUT2D eigenvalue weighted by atomic mass is 16.5. The number of benzene rings is 2. The summed E-state index contributed by atoms with van der Waals surface area (Å²) in [5, 5.41) is 4.01. The average molecular weight is 296 g/mol. The second-order valence-corrected chi connectivity index (χ2v) is 4.97. The van der Waals surface area contributed by atoms with Gasteiger partial charge in [-0.1, -0.05) is 18.2 Å². The summed E-state index contributed by atoms with van der Waals surface area (Å²) in [6, 6.07) is 13.1. The van der Waals surface area contributed by atoms with Crippen molar-refractivity contribution in [1.82, 2.24) is 5.43 Å². The SMILES string of the molecule is CCOc1ccccc1C=NNC(=O)c1ccc(C)c(C)c1. The van der Waals surface area contributed by atoms with E-state index in [9.17, 15) is 4.79 Å². The molecule has 0 aromatic heterocycles. The van der Waals surface area contributed by atoms with E-state index < -0.39 is 0 Å². The van der Waals surface area contributed by atoms with Gasteiger partial charge in [-0.2, -0.15) is 5.10 Å². The van der Waals surface area contributed by atoms with E-state index in [1.807, 2.05) is 57.2 Å². The molecule has 2 rings (SSSR count). The van der Waals surface area contributed by atoms with Crippen LogP contribution in [0.15, 0.2) is 47.6 Å². The molecule has 1 amide bonds. The predicted molar refractivity (Wildman–Crippen MR) is 88.6 cm³/mol. The standard InChI is InChI=1S/C18H20N2O2/c1-4-22-17-8-6-5-7-16(17)12-19-20-18(21)15-10-9-13(2)14(3)11-15/h5-12H,4H2,1-3H3,(H,20,21). The molecule has 0 spiro atoms. The van der Waals surface area contributed by atoms with Crippen LogP contribution in [-0.4, -0.2) is 18.7 Å². The average Bonchev–Trinajstić information content (AvgIpc) is 2.52. The fraction of sp³-hybridized carbons (Fsp3) is 0.222. The van der Waals surface area contributed by atoms with Crippen molar-refractivity contribution in [1.29, 1.82) is 0 Å². The first-order valence-electron chi connectivity index (χ1n) is 7.24. The van der Waals surface area contributed by atoms with Crippen LogP contribution in [-0.2, 0) is 0 Å². The lowest BCUT2D eigenvalue weighted by atomic mass is 10.1. The molecular weight excluding hydrogens is 276 g/mol. The maximum atomic E-state index is 12.1. The van der Waals surface area contributed by atoms with E-state index in [0.717, 1.165) is 22.4 Å². The number of carbonyl (C=O) groups excluding carboxylic acids is 1. The van der Waals surface area contributed by atoms with Gasteiger partial charge in [0.25, 0.3) is 5.91 Å². The minimum Gasteiger partial charge on any atom is -0.493 e. The number of hydrazone groups is 1. The van der Waals surface area contributed by atoms with Crippen molar-refractivity contribution >= 4 is 12.1 Å². The monoisotopic (exact) mass is 296 g/mol. The van der Waals surface area contributed by atoms with E-state index in [-0.39, 0.29) is 5.91 Å². The number of amides is 1. The molecule has 114 valence electrons. The molecule has 0 atom stereocenters. The summed E-state index contributed by atoms with van der Waals surface area (Å²) < 4.78 is 5.50. The molecular formula is C18H20N2O2. The topological polar surface area (TPSA) is 50.7 Å². The van der Waals surface area contributed by atoms with E-state index in [1.165, 1.54) is 0 Å². The Hall–Kier alpha value is -2.62. The van der Waals surface area contributed by atoms with Crippen LogP contribution >= 0.6 is 0 Å². The molecule has 0 unspecified atom stereocenters. The van der Waals surface area contributed by atoms with Crippen molar-refractivity contribution in [3.63, 3.8) is 0 Å². The van der Waals surface area contributed by atoms with Gasteiger partial charge in [0.1, 0.15) is 5.75 Å². The number of ether oxygens (including phenoxy) is 1. The highest BCUT2D eigenvalue weighted by molar-refractivity contribution is 5.95. The molecule has 0 radical (unpaired) electrons. The van der Waals surface area contributed by atoms with E-state index in [0.29, 0.717) is 12.2 Å². The fourth-order valence-corrected chi connectivity index (χ4v) is 1.98. The molecule has 0 aliphatic heterocycles. The minimum atomic E-state index is -0.228. The van der Waals surface area contributed by atoms with Gasteiger partial charge in [0.05, 0.1) is 12.8 Å². The summed E-state index contributed by atoms with van der Waals surface area (Å²) in [5.41, 5.74) is 6.20. The highest BCUT2D eigenvalue weighted by Gasteiger charge is 2.05. The van der Waals surface area contributed by atoms with E-state index in [1.54, 1.807) is 12.3 Å². The molecule has 4 nitrogen and oxygen atoms in total. The predicted octanol–water partition coefficient (Wildman–Crippen LogP) is 3.47. The Morgan fingerprint density at radius 1 is 1.18 bits per heavy atom. The summed E-state index contributed by atoms with van der Waals surface area (Å²) in [7, 11) is 0. The second-order valence-electron chi connectivity index (χ2n) is 4.97. The molecule has 0 saturated heterocycles. The first-order valence-corrected chi connectivity index (χ1v) is 7.24. The third-order valence-electron chi connectivity index (χ3n) is 3.36. The molecule has 0 aliphatic carbocycles. The van der Waals surface area contributed by atoms with Gasteiger partial charge in [0, 0.05) is 11.1 Å². The van der Waals surface area contributed by atoms with E-state index >= 15 is 0 Å². The van der Waals surface area contributed by atoms with E-state index in [4.69, 9.17) is 4.74 Å². The van der Waals surface area contributed by atoms with Crippen molar-refractivity contribution in [3.05, 3.63) is 64.7 Å². The van der Waals surface area contributed by atoms with Gasteiger partial charge in [-0.05, 0) is 56.2 Å². The highest BCUT2D eigenvalue weighted by Crippen LogP contribution is 2.15. The van der Waals surface area contributed by atoms with Crippen molar-refractivity contribution in [2.24, 2.45) is 5.10 Å². The van der Waals surface area contributed by atoms with Crippen LogP contribution in [0.2, 0.25) is 0 Å². The second kappa shape index (κ2) is 7.41. The van der Waals surface area contributed by atoms with Crippen molar-refractivity contribution in [2.45, 2.75) is 20.8 Å². The first kappa shape index (κ1) is 15.8. The summed E-state index contributed by atoms with van der Waals surface area (Å²) >= 11 is 0. The number of carbonyl (C=O) groups is 1. The van der Waals surface area contributed by atoms with Crippen LogP contribution in [0.5, 0.6) is 5.75 Å². The number of aryl methyl sites for hydroxylation is 2. The van der Waals surface area contributed by atoms with Gasteiger partial charge in [-0.25, -0.2) is 5.43 Å². The smallest absolute Gasteiger partial charge is 0.271 e. The van der Waals surface area contributed by atoms with Crippen LogP contribution in [0, 0.1) is 13.8 Å². The summed E-state index contributed by atoms with van der Waals surface area (Å²) in [6.07, 6.45) is 1.59. The quantitative estimate of drug-likeness (QED) is 0.678. The van der Waals surface area contributed by atoms with Gasteiger partial charge in [-0.3, -0.25) is 4.79 Å². The summed E-state index contributed by atoms with van der Waals surface area (Å²) in [5.74, 6) is 0.516. The van der Waals surface area contributed by atoms with Crippen molar-refractivity contribution in [2.75, 3.05) is 6.61 Å². The van der Waals surface area contributed by atoms with Crippen LogP contribution in [0.4, 0.5) is 0 Å². The van der Waals surface area contributed by atoms with Gasteiger partial charge in [-0.15, -0.1) is 0 Å². The molecule has 1 N–H and O–H groups in total. The van der Waals surface area contributed by atoms with Crippen LogP contribution in [0.25, 0.3) is 0 Å². The maximum Gasteiger partial charge on any atom is 0.271 e. The Balaban J connectivity index is 2.06. The molecule has 0 heterocycles. The zero-order valence-electron chi connectivity index (χ0n) is 13.1. The fourth-order valence-electron chi connectivity index (χ4n) is 1.98. The lowest BCUT2D eigenvalue weighted by molar-refractivity contribution is 0.0955. The largest absolute Gasteiger partial charge is 0.493 e. The normalized spacial score (nSPS) is 10.7. The lowest BCUT2D eigenvalue weighted by Gasteiger charge is -2.06. The Morgan fingerprint density at radius 2 is 1.95 bits per heavy atom. The lowest BCUT2D eigenvalue weighted by Crippen LogP contribution is -2.17. The molecule has 0 aliphatic rings. The molecule has 4 heteroatoms. The van der Waals surface area contributed by atoms with Gasteiger partial charge in [0.2, 0.25) is 0 Å². The van der Waals surface area contributed by atoms with Crippen LogP contribution in [0.1, 0.15) is 34.0 Å². The molecule has 0 bridgehead atoms. The van der Waals surface area contributed by atoms with E-state index in [2.05, 4.69) is 10.5 Å². The van der Waals surface area contributed by atoms with Crippen LogP contribution < -0.4 is 10.2 Å². The molecule has 22 heavy (non-hydrogen) atoms. The number of para-hydroxylation sites is 1. The molecule has 2 aromatic carbocycles. The Morgan fingerprint density at radius 3 is 2.68 bits per heavy atom. The maximum absolute atomic E-state index is 12.1. The van der Waals surface area contributed by atoms with Crippen LogP contribution in [0.3, 0.4) is 0 Å².